The highest BCUT2D eigenvalue weighted by Gasteiger charge is 2.40. The number of aliphatic carboxylic acids is 2. The van der Waals surface area contributed by atoms with Crippen LogP contribution in [-0.2, 0) is 14.4 Å². The lowest BCUT2D eigenvalue weighted by Gasteiger charge is -2.22. The summed E-state index contributed by atoms with van der Waals surface area (Å²) in [4.78, 5) is 36.9. The van der Waals surface area contributed by atoms with Crippen LogP contribution in [0.4, 0.5) is 0 Å². The van der Waals surface area contributed by atoms with E-state index in [9.17, 15) is 19.5 Å². The van der Waals surface area contributed by atoms with Crippen molar-refractivity contribution in [3.05, 3.63) is 34.7 Å². The van der Waals surface area contributed by atoms with E-state index in [1.54, 1.807) is 37.3 Å². The van der Waals surface area contributed by atoms with Crippen molar-refractivity contribution in [2.24, 2.45) is 0 Å². The monoisotopic (exact) mass is 455 g/mol. The molecule has 0 aromatic heterocycles. The van der Waals surface area contributed by atoms with Crippen molar-refractivity contribution in [2.75, 3.05) is 12.0 Å². The first-order valence-electron chi connectivity index (χ1n) is 8.76. The van der Waals surface area contributed by atoms with Crippen molar-refractivity contribution in [3.63, 3.8) is 0 Å². The summed E-state index contributed by atoms with van der Waals surface area (Å²) in [5.74, 6) is -1.53. The summed E-state index contributed by atoms with van der Waals surface area (Å²) in [7, 11) is 0. The third kappa shape index (κ3) is 5.97. The van der Waals surface area contributed by atoms with Crippen LogP contribution in [-0.4, -0.2) is 61.4 Å². The predicted octanol–water partition coefficient (Wildman–Crippen LogP) is 3.34. The van der Waals surface area contributed by atoms with Crippen molar-refractivity contribution in [2.45, 2.75) is 31.9 Å². The molecule has 29 heavy (non-hydrogen) atoms. The Morgan fingerprint density at radius 3 is 2.45 bits per heavy atom. The Morgan fingerprint density at radius 1 is 1.28 bits per heavy atom. The van der Waals surface area contributed by atoms with Crippen molar-refractivity contribution < 1.29 is 29.3 Å². The topological polar surface area (TPSA) is 104 Å². The molecular formula is C19H21NO6S3. The molecular weight excluding hydrogens is 434 g/mol. The first-order chi connectivity index (χ1) is 13.8. The molecule has 156 valence electrons. The largest absolute Gasteiger partial charge is 0.480 e. The second kappa shape index (κ2) is 10.7. The Labute approximate surface area is 182 Å². The van der Waals surface area contributed by atoms with Gasteiger partial charge in [0.2, 0.25) is 0 Å². The first-order valence-corrected chi connectivity index (χ1v) is 11.4. The van der Waals surface area contributed by atoms with E-state index in [-0.39, 0.29) is 4.32 Å². The number of ether oxygens (including phenoxy) is 1. The summed E-state index contributed by atoms with van der Waals surface area (Å²) in [6.45, 7) is 1.72. The van der Waals surface area contributed by atoms with Crippen LogP contribution in [0.25, 0.3) is 6.08 Å². The van der Waals surface area contributed by atoms with E-state index in [1.807, 2.05) is 6.26 Å². The number of thioether (sulfide) groups is 2. The van der Waals surface area contributed by atoms with E-state index in [2.05, 4.69) is 0 Å². The Morgan fingerprint density at radius 2 is 1.93 bits per heavy atom. The fourth-order valence-electron chi connectivity index (χ4n) is 2.61. The molecule has 1 aliphatic rings. The lowest BCUT2D eigenvalue weighted by molar-refractivity contribution is -0.145. The summed E-state index contributed by atoms with van der Waals surface area (Å²) in [6.07, 6.45) is 3.22. The van der Waals surface area contributed by atoms with Gasteiger partial charge >= 0.3 is 11.9 Å². The molecule has 10 heteroatoms. The normalized spacial score (nSPS) is 17.4. The van der Waals surface area contributed by atoms with Crippen LogP contribution in [0.15, 0.2) is 29.2 Å². The number of hydrogen-bond acceptors (Lipinski definition) is 7. The number of carboxylic acids is 2. The summed E-state index contributed by atoms with van der Waals surface area (Å²) >= 11 is 7.82. The molecule has 0 bridgehead atoms. The van der Waals surface area contributed by atoms with E-state index in [0.717, 1.165) is 11.8 Å². The Hall–Kier alpha value is -2.04. The van der Waals surface area contributed by atoms with Crippen LogP contribution in [0.1, 0.15) is 25.3 Å². The average Bonchev–Trinajstić information content (AvgIpc) is 2.95. The van der Waals surface area contributed by atoms with E-state index >= 15 is 0 Å². The number of amides is 1. The second-order valence-corrected chi connectivity index (χ2v) is 8.77. The molecule has 0 spiro atoms. The number of nitrogens with zero attached hydrogens (tertiary/aromatic N) is 1. The lowest BCUT2D eigenvalue weighted by atomic mass is 10.1. The predicted molar refractivity (Wildman–Crippen MR) is 118 cm³/mol. The molecule has 0 aliphatic carbocycles. The van der Waals surface area contributed by atoms with Gasteiger partial charge in [-0.15, -0.1) is 0 Å². The van der Waals surface area contributed by atoms with Crippen molar-refractivity contribution in [1.29, 1.82) is 0 Å². The number of carbonyl (C=O) groups is 3. The first kappa shape index (κ1) is 23.2. The highest BCUT2D eigenvalue weighted by atomic mass is 32.2. The molecule has 0 saturated carbocycles. The molecule has 1 aromatic rings. The second-order valence-electron chi connectivity index (χ2n) is 6.11. The smallest absolute Gasteiger partial charge is 0.344 e. The molecule has 0 radical (unpaired) electrons. The molecule has 2 rings (SSSR count). The highest BCUT2D eigenvalue weighted by Crippen LogP contribution is 2.35. The minimum absolute atomic E-state index is 0.224. The molecule has 2 unspecified atom stereocenters. The van der Waals surface area contributed by atoms with Crippen LogP contribution < -0.4 is 4.74 Å². The highest BCUT2D eigenvalue weighted by molar-refractivity contribution is 8.26. The molecule has 1 aliphatic heterocycles. The van der Waals surface area contributed by atoms with Gasteiger partial charge in [-0.1, -0.05) is 43.0 Å². The van der Waals surface area contributed by atoms with Crippen molar-refractivity contribution in [3.8, 4) is 5.75 Å². The van der Waals surface area contributed by atoms with Crippen molar-refractivity contribution >= 4 is 64.0 Å². The van der Waals surface area contributed by atoms with Gasteiger partial charge in [0.05, 0.1) is 4.91 Å². The van der Waals surface area contributed by atoms with E-state index in [4.69, 9.17) is 22.1 Å². The summed E-state index contributed by atoms with van der Waals surface area (Å²) < 4.78 is 5.64. The zero-order chi connectivity index (χ0) is 21.6. The summed E-state index contributed by atoms with van der Waals surface area (Å²) in [5, 5.41) is 18.5. The van der Waals surface area contributed by atoms with Gasteiger partial charge in [0.1, 0.15) is 16.1 Å². The number of benzene rings is 1. The quantitative estimate of drug-likeness (QED) is 0.406. The average molecular weight is 456 g/mol. The van der Waals surface area contributed by atoms with Gasteiger partial charge in [-0.3, -0.25) is 9.69 Å². The number of hydrogen-bond donors (Lipinski definition) is 2. The Balaban J connectivity index is 2.16. The minimum atomic E-state index is -1.08. The standard InChI is InChI=1S/C19H21NO6S3/c1-3-14(18(24)25)26-12-6-4-11(5-7-12)10-15-16(21)20(19(27)29-15)13(17(22)23)8-9-28-2/h4-7,10,13-14H,3,8-9H2,1-2H3,(H,22,23)(H,24,25)/b15-10-. The maximum atomic E-state index is 12.7. The minimum Gasteiger partial charge on any atom is -0.480 e. The van der Waals surface area contributed by atoms with Gasteiger partial charge in [-0.25, -0.2) is 9.59 Å². The van der Waals surface area contributed by atoms with Gasteiger partial charge in [0.25, 0.3) is 5.91 Å². The zero-order valence-corrected chi connectivity index (χ0v) is 18.3. The third-order valence-corrected chi connectivity index (χ3v) is 6.09. The fraction of sp³-hybridized carbons (Fsp3) is 0.368. The van der Waals surface area contributed by atoms with Gasteiger partial charge in [-0.05, 0) is 48.6 Å². The molecule has 2 atom stereocenters. The van der Waals surface area contributed by atoms with Gasteiger partial charge in [0, 0.05) is 0 Å². The van der Waals surface area contributed by atoms with Gasteiger partial charge in [-0.2, -0.15) is 11.8 Å². The van der Waals surface area contributed by atoms with E-state index in [1.165, 1.54) is 16.7 Å². The van der Waals surface area contributed by atoms with Gasteiger partial charge < -0.3 is 14.9 Å². The summed E-state index contributed by atoms with van der Waals surface area (Å²) in [6, 6.07) is 5.64. The SMILES string of the molecule is CCC(Oc1ccc(/C=C2\SC(=S)N(C(CCSC)C(=O)O)C2=O)cc1)C(=O)O. The van der Waals surface area contributed by atoms with E-state index < -0.39 is 30.0 Å². The molecule has 7 nitrogen and oxygen atoms in total. The van der Waals surface area contributed by atoms with E-state index in [0.29, 0.717) is 34.8 Å². The fourth-order valence-corrected chi connectivity index (χ4v) is 4.42. The van der Waals surface area contributed by atoms with Crippen molar-refractivity contribution in [1.82, 2.24) is 4.90 Å². The maximum Gasteiger partial charge on any atom is 0.344 e. The van der Waals surface area contributed by atoms with Crippen LogP contribution in [0, 0.1) is 0 Å². The number of rotatable bonds is 10. The molecule has 1 aromatic carbocycles. The molecule has 1 heterocycles. The van der Waals surface area contributed by atoms with Gasteiger partial charge in [0.15, 0.2) is 6.10 Å². The third-order valence-electron chi connectivity index (χ3n) is 4.12. The van der Waals surface area contributed by atoms with Crippen LogP contribution in [0.2, 0.25) is 0 Å². The summed E-state index contributed by atoms with van der Waals surface area (Å²) in [5.41, 5.74) is 0.692. The maximum absolute atomic E-state index is 12.7. The van der Waals surface area contributed by atoms with Crippen LogP contribution >= 0.6 is 35.7 Å². The number of carbonyl (C=O) groups excluding carboxylic acids is 1. The van der Waals surface area contributed by atoms with Crippen LogP contribution in [0.3, 0.4) is 0 Å². The van der Waals surface area contributed by atoms with Crippen LogP contribution in [0.5, 0.6) is 5.75 Å². The molecule has 1 saturated heterocycles. The Bertz CT molecular complexity index is 824. The number of carboxylic acid groups (broad SMARTS) is 2. The number of thiocarbonyl (C=S) groups is 1. The molecule has 2 N–H and O–H groups in total. The molecule has 1 fully saturated rings. The molecule has 1 amide bonds. The zero-order valence-electron chi connectivity index (χ0n) is 15.9. The lowest BCUT2D eigenvalue weighted by Crippen LogP contribution is -2.44. The Kier molecular flexibility index (Phi) is 8.54.